The molecule has 0 unspecified atom stereocenters. The zero-order valence-electron chi connectivity index (χ0n) is 11.3. The lowest BCUT2D eigenvalue weighted by Gasteiger charge is -2.27. The number of benzene rings is 1. The Morgan fingerprint density at radius 2 is 2.00 bits per heavy atom. The van der Waals surface area contributed by atoms with Gasteiger partial charge in [-0.2, -0.15) is 4.31 Å². The van der Waals surface area contributed by atoms with Crippen LogP contribution in [-0.4, -0.2) is 57.1 Å². The zero-order valence-corrected chi connectivity index (χ0v) is 12.9. The number of rotatable bonds is 4. The molecular weight excluding hydrogens is 320 g/mol. The minimum absolute atomic E-state index is 0.0295. The second kappa shape index (κ2) is 6.18. The number of carbonyl (C=O) groups is 1. The molecule has 0 amide bonds. The van der Waals surface area contributed by atoms with Crippen molar-refractivity contribution < 1.29 is 23.1 Å². The van der Waals surface area contributed by atoms with Gasteiger partial charge >= 0.3 is 5.97 Å². The fraction of sp³-hybridized carbons (Fsp3) is 0.417. The lowest BCUT2D eigenvalue weighted by Crippen LogP contribution is -2.46. The molecule has 7 nitrogen and oxygen atoms in total. The topological polar surface area (TPSA) is 95.9 Å². The van der Waals surface area contributed by atoms with Gasteiger partial charge in [0, 0.05) is 31.2 Å². The number of carboxylic acids is 1. The molecule has 0 aliphatic carbocycles. The number of sulfonamides is 1. The summed E-state index contributed by atoms with van der Waals surface area (Å²) in [5.74, 6) is -1.50. The van der Waals surface area contributed by atoms with Crippen LogP contribution in [0.5, 0.6) is 5.75 Å². The second-order valence-electron chi connectivity index (χ2n) is 4.44. The molecule has 2 N–H and O–H groups in total. The van der Waals surface area contributed by atoms with Gasteiger partial charge in [-0.15, -0.1) is 0 Å². The van der Waals surface area contributed by atoms with Gasteiger partial charge in [-0.25, -0.2) is 13.2 Å². The van der Waals surface area contributed by atoms with Gasteiger partial charge in [-0.3, -0.25) is 0 Å². The number of halogens is 1. The zero-order chi connectivity index (χ0) is 15.6. The number of hydrogen-bond donors (Lipinski definition) is 2. The number of ether oxygens (including phenoxy) is 1. The summed E-state index contributed by atoms with van der Waals surface area (Å²) in [5, 5.41) is 12.2. The Hall–Kier alpha value is -1.35. The lowest BCUT2D eigenvalue weighted by molar-refractivity contribution is 0.0693. The number of piperazine rings is 1. The summed E-state index contributed by atoms with van der Waals surface area (Å²) in [7, 11) is -2.63. The standard InChI is InChI=1S/C12H15ClN2O5S/c1-20-11-9(12(16)17)6-8(13)7-10(11)21(18,19)15-4-2-14-3-5-15/h6-7,14H,2-5H2,1H3,(H,16,17). The first-order valence-corrected chi connectivity index (χ1v) is 8.01. The number of nitrogens with one attached hydrogen (secondary N) is 1. The molecule has 1 aromatic carbocycles. The molecule has 1 saturated heterocycles. The van der Waals surface area contributed by atoms with Gasteiger partial charge in [0.25, 0.3) is 0 Å². The van der Waals surface area contributed by atoms with E-state index in [1.165, 1.54) is 23.5 Å². The van der Waals surface area contributed by atoms with Crippen LogP contribution in [0.25, 0.3) is 0 Å². The highest BCUT2D eigenvalue weighted by Gasteiger charge is 2.31. The van der Waals surface area contributed by atoms with Crippen molar-refractivity contribution in [3.63, 3.8) is 0 Å². The van der Waals surface area contributed by atoms with Gasteiger partial charge in [0.05, 0.1) is 7.11 Å². The van der Waals surface area contributed by atoms with E-state index in [0.717, 1.165) is 0 Å². The highest BCUT2D eigenvalue weighted by Crippen LogP contribution is 2.33. The Balaban J connectivity index is 2.59. The van der Waals surface area contributed by atoms with E-state index >= 15 is 0 Å². The summed E-state index contributed by atoms with van der Waals surface area (Å²) < 4.78 is 31.6. The summed E-state index contributed by atoms with van der Waals surface area (Å²) in [6.07, 6.45) is 0. The summed E-state index contributed by atoms with van der Waals surface area (Å²) >= 11 is 5.85. The number of methoxy groups -OCH3 is 1. The molecule has 2 rings (SSSR count). The average molecular weight is 335 g/mol. The molecule has 1 aliphatic rings. The van der Waals surface area contributed by atoms with E-state index in [1.54, 1.807) is 0 Å². The van der Waals surface area contributed by atoms with Crippen LogP contribution in [0.15, 0.2) is 17.0 Å². The minimum atomic E-state index is -3.86. The Kier molecular flexibility index (Phi) is 4.72. The maximum absolute atomic E-state index is 12.7. The summed E-state index contributed by atoms with van der Waals surface area (Å²) in [6.45, 7) is 1.68. The van der Waals surface area contributed by atoms with Crippen LogP contribution < -0.4 is 10.1 Å². The first-order chi connectivity index (χ1) is 9.87. The maximum atomic E-state index is 12.7. The first kappa shape index (κ1) is 16.0. The molecule has 0 spiro atoms. The normalized spacial score (nSPS) is 16.7. The lowest BCUT2D eigenvalue weighted by atomic mass is 10.2. The molecule has 116 valence electrons. The van der Waals surface area contributed by atoms with Crippen molar-refractivity contribution >= 4 is 27.6 Å². The van der Waals surface area contributed by atoms with Crippen LogP contribution >= 0.6 is 11.6 Å². The van der Waals surface area contributed by atoms with Crippen molar-refractivity contribution in [2.75, 3.05) is 33.3 Å². The molecule has 1 aliphatic heterocycles. The average Bonchev–Trinajstić information content (AvgIpc) is 2.47. The SMILES string of the molecule is COc1c(C(=O)O)cc(Cl)cc1S(=O)(=O)N1CCNCC1. The minimum Gasteiger partial charge on any atom is -0.494 e. The van der Waals surface area contributed by atoms with E-state index in [4.69, 9.17) is 21.4 Å². The Morgan fingerprint density at radius 3 is 2.52 bits per heavy atom. The molecule has 0 atom stereocenters. The molecule has 1 aromatic rings. The van der Waals surface area contributed by atoms with Gasteiger partial charge < -0.3 is 15.2 Å². The third-order valence-corrected chi connectivity index (χ3v) is 5.27. The quantitative estimate of drug-likeness (QED) is 0.839. The number of nitrogens with zero attached hydrogens (tertiary/aromatic N) is 1. The Bertz CT molecular complexity index is 656. The summed E-state index contributed by atoms with van der Waals surface area (Å²) in [5.41, 5.74) is -0.279. The third-order valence-electron chi connectivity index (χ3n) is 3.15. The van der Waals surface area contributed by atoms with Crippen molar-refractivity contribution in [3.05, 3.63) is 22.7 Å². The molecule has 1 fully saturated rings. The van der Waals surface area contributed by atoms with E-state index in [-0.39, 0.29) is 21.2 Å². The second-order valence-corrected chi connectivity index (χ2v) is 6.79. The van der Waals surface area contributed by atoms with Crippen molar-refractivity contribution in [1.82, 2.24) is 9.62 Å². The van der Waals surface area contributed by atoms with E-state index < -0.39 is 16.0 Å². The number of carboxylic acid groups (broad SMARTS) is 1. The van der Waals surface area contributed by atoms with Gasteiger partial charge in [-0.1, -0.05) is 11.6 Å². The van der Waals surface area contributed by atoms with Gasteiger partial charge in [-0.05, 0) is 12.1 Å². The number of aromatic carboxylic acids is 1. The number of hydrogen-bond acceptors (Lipinski definition) is 5. The van der Waals surface area contributed by atoms with Crippen molar-refractivity contribution in [2.45, 2.75) is 4.90 Å². The highest BCUT2D eigenvalue weighted by atomic mass is 35.5. The highest BCUT2D eigenvalue weighted by molar-refractivity contribution is 7.89. The molecule has 21 heavy (non-hydrogen) atoms. The summed E-state index contributed by atoms with van der Waals surface area (Å²) in [4.78, 5) is 11.0. The van der Waals surface area contributed by atoms with Crippen molar-refractivity contribution in [1.29, 1.82) is 0 Å². The van der Waals surface area contributed by atoms with Crippen molar-refractivity contribution in [2.24, 2.45) is 0 Å². The van der Waals surface area contributed by atoms with Crippen LogP contribution in [0, 0.1) is 0 Å². The molecule has 0 radical (unpaired) electrons. The molecule has 0 aromatic heterocycles. The smallest absolute Gasteiger partial charge is 0.339 e. The molecule has 1 heterocycles. The predicted molar refractivity (Wildman–Crippen MR) is 76.6 cm³/mol. The summed E-state index contributed by atoms with van der Waals surface area (Å²) in [6, 6.07) is 2.38. The molecular formula is C12H15ClN2O5S. The predicted octanol–water partition coefficient (Wildman–Crippen LogP) is 0.641. The van der Waals surface area contributed by atoms with Gasteiger partial charge in [0.15, 0.2) is 5.75 Å². The molecule has 0 bridgehead atoms. The van der Waals surface area contributed by atoms with Crippen LogP contribution in [0.3, 0.4) is 0 Å². The fourth-order valence-electron chi connectivity index (χ4n) is 2.15. The van der Waals surface area contributed by atoms with Crippen molar-refractivity contribution in [3.8, 4) is 5.75 Å². The van der Waals surface area contributed by atoms with E-state index in [0.29, 0.717) is 26.2 Å². The van der Waals surface area contributed by atoms with Crippen LogP contribution in [0.2, 0.25) is 5.02 Å². The molecule has 9 heteroatoms. The van der Waals surface area contributed by atoms with Crippen LogP contribution in [-0.2, 0) is 10.0 Å². The third kappa shape index (κ3) is 3.13. The van der Waals surface area contributed by atoms with Crippen LogP contribution in [0.1, 0.15) is 10.4 Å². The van der Waals surface area contributed by atoms with E-state index in [9.17, 15) is 13.2 Å². The largest absolute Gasteiger partial charge is 0.494 e. The van der Waals surface area contributed by atoms with Gasteiger partial charge in [0.1, 0.15) is 10.5 Å². The van der Waals surface area contributed by atoms with Gasteiger partial charge in [0.2, 0.25) is 10.0 Å². The fourth-order valence-corrected chi connectivity index (χ4v) is 4.08. The van der Waals surface area contributed by atoms with Crippen LogP contribution in [0.4, 0.5) is 0 Å². The monoisotopic (exact) mass is 334 g/mol. The first-order valence-electron chi connectivity index (χ1n) is 6.19. The van der Waals surface area contributed by atoms with E-state index in [1.807, 2.05) is 0 Å². The maximum Gasteiger partial charge on any atom is 0.339 e. The Morgan fingerprint density at radius 1 is 1.38 bits per heavy atom. The van der Waals surface area contributed by atoms with E-state index in [2.05, 4.69) is 5.32 Å². The molecule has 0 saturated carbocycles. The Labute approximate surface area is 127 Å².